The highest BCUT2D eigenvalue weighted by Crippen LogP contribution is 2.23. The van der Waals surface area contributed by atoms with Crippen LogP contribution < -0.4 is 5.32 Å². The number of carbonyl (C=O) groups excluding carboxylic acids is 2. The summed E-state index contributed by atoms with van der Waals surface area (Å²) in [5.74, 6) is 1.23. The van der Waals surface area contributed by atoms with E-state index in [9.17, 15) is 9.59 Å². The van der Waals surface area contributed by atoms with Crippen LogP contribution in [0.1, 0.15) is 24.2 Å². The molecule has 0 aliphatic carbocycles. The number of nitrogens with one attached hydrogen (secondary N) is 1. The monoisotopic (exact) mass is 413 g/mol. The standard InChI is InChI=1S/C20H23N5O3S/c1-4-25(5-2)19(27)14-8-10-15(11-9-14)21-17(26)13-29-20-23-22-18(24(20)3)16-7-6-12-28-16/h6-12H,4-5,13H2,1-3H3,(H,21,26). The van der Waals surface area contributed by atoms with Crippen molar-refractivity contribution in [1.82, 2.24) is 19.7 Å². The molecular weight excluding hydrogens is 390 g/mol. The molecule has 2 aromatic heterocycles. The zero-order chi connectivity index (χ0) is 20.8. The quantitative estimate of drug-likeness (QED) is 0.570. The fourth-order valence-corrected chi connectivity index (χ4v) is 3.49. The highest BCUT2D eigenvalue weighted by atomic mass is 32.2. The number of furan rings is 1. The highest BCUT2D eigenvalue weighted by Gasteiger charge is 2.15. The van der Waals surface area contributed by atoms with Gasteiger partial charge in [-0.3, -0.25) is 9.59 Å². The van der Waals surface area contributed by atoms with Crippen LogP contribution in [0, 0.1) is 0 Å². The predicted octanol–water partition coefficient (Wildman–Crippen LogP) is 3.29. The minimum atomic E-state index is -0.166. The Bertz CT molecular complexity index is 963. The van der Waals surface area contributed by atoms with Gasteiger partial charge in [-0.2, -0.15) is 0 Å². The Morgan fingerprint density at radius 1 is 1.14 bits per heavy atom. The van der Waals surface area contributed by atoms with E-state index in [-0.39, 0.29) is 17.6 Å². The van der Waals surface area contributed by atoms with Gasteiger partial charge < -0.3 is 19.2 Å². The summed E-state index contributed by atoms with van der Waals surface area (Å²) < 4.78 is 7.12. The van der Waals surface area contributed by atoms with E-state index in [4.69, 9.17) is 4.42 Å². The maximum atomic E-state index is 12.3. The number of thioether (sulfide) groups is 1. The molecule has 3 aromatic rings. The fourth-order valence-electron chi connectivity index (χ4n) is 2.78. The number of rotatable bonds is 8. The number of nitrogens with zero attached hydrogens (tertiary/aromatic N) is 4. The first-order valence-electron chi connectivity index (χ1n) is 9.28. The van der Waals surface area contributed by atoms with Crippen LogP contribution >= 0.6 is 11.8 Å². The number of benzene rings is 1. The van der Waals surface area contributed by atoms with Crippen LogP contribution in [0.2, 0.25) is 0 Å². The molecule has 29 heavy (non-hydrogen) atoms. The molecule has 2 amide bonds. The second-order valence-electron chi connectivity index (χ2n) is 6.23. The first-order chi connectivity index (χ1) is 14.0. The molecule has 2 heterocycles. The first kappa shape index (κ1) is 20.7. The Labute approximate surface area is 173 Å². The number of hydrogen-bond donors (Lipinski definition) is 1. The molecule has 0 saturated heterocycles. The molecule has 3 rings (SSSR count). The summed E-state index contributed by atoms with van der Waals surface area (Å²) in [6, 6.07) is 10.5. The maximum Gasteiger partial charge on any atom is 0.253 e. The van der Waals surface area contributed by atoms with E-state index in [2.05, 4.69) is 15.5 Å². The predicted molar refractivity (Wildman–Crippen MR) is 112 cm³/mol. The van der Waals surface area contributed by atoms with Crippen LogP contribution in [0.15, 0.2) is 52.2 Å². The van der Waals surface area contributed by atoms with Gasteiger partial charge in [-0.05, 0) is 50.2 Å². The topological polar surface area (TPSA) is 93.3 Å². The molecule has 152 valence electrons. The van der Waals surface area contributed by atoms with Crippen molar-refractivity contribution in [2.45, 2.75) is 19.0 Å². The summed E-state index contributed by atoms with van der Waals surface area (Å²) in [6.45, 7) is 5.22. The Balaban J connectivity index is 1.56. The Kier molecular flexibility index (Phi) is 6.71. The van der Waals surface area contributed by atoms with Gasteiger partial charge in [-0.15, -0.1) is 10.2 Å². The van der Waals surface area contributed by atoms with Crippen molar-refractivity contribution < 1.29 is 14.0 Å². The minimum absolute atomic E-state index is 0.0157. The van der Waals surface area contributed by atoms with E-state index >= 15 is 0 Å². The van der Waals surface area contributed by atoms with Crippen LogP contribution in [-0.2, 0) is 11.8 Å². The Morgan fingerprint density at radius 3 is 2.48 bits per heavy atom. The van der Waals surface area contributed by atoms with Gasteiger partial charge in [-0.1, -0.05) is 11.8 Å². The lowest BCUT2D eigenvalue weighted by atomic mass is 10.2. The lowest BCUT2D eigenvalue weighted by Crippen LogP contribution is -2.30. The second kappa shape index (κ2) is 9.42. The van der Waals surface area contributed by atoms with E-state index in [0.717, 1.165) is 0 Å². The van der Waals surface area contributed by atoms with Gasteiger partial charge in [0, 0.05) is 31.4 Å². The minimum Gasteiger partial charge on any atom is -0.461 e. The van der Waals surface area contributed by atoms with Crippen LogP contribution in [0.3, 0.4) is 0 Å². The third-order valence-corrected chi connectivity index (χ3v) is 5.40. The summed E-state index contributed by atoms with van der Waals surface area (Å²) in [6.07, 6.45) is 1.57. The smallest absolute Gasteiger partial charge is 0.253 e. The first-order valence-corrected chi connectivity index (χ1v) is 10.3. The second-order valence-corrected chi connectivity index (χ2v) is 7.18. The van der Waals surface area contributed by atoms with Gasteiger partial charge >= 0.3 is 0 Å². The normalized spacial score (nSPS) is 10.7. The molecular formula is C20H23N5O3S. The van der Waals surface area contributed by atoms with Crippen LogP contribution in [0.25, 0.3) is 11.6 Å². The Hall–Kier alpha value is -3.07. The van der Waals surface area contributed by atoms with Crippen LogP contribution in [-0.4, -0.2) is 50.3 Å². The van der Waals surface area contributed by atoms with E-state index in [1.807, 2.05) is 20.9 Å². The lowest BCUT2D eigenvalue weighted by Gasteiger charge is -2.18. The fraction of sp³-hybridized carbons (Fsp3) is 0.300. The SMILES string of the molecule is CCN(CC)C(=O)c1ccc(NC(=O)CSc2nnc(-c3ccco3)n2C)cc1. The van der Waals surface area contributed by atoms with E-state index < -0.39 is 0 Å². The number of hydrogen-bond acceptors (Lipinski definition) is 6. The van der Waals surface area contributed by atoms with Crippen molar-refractivity contribution >= 4 is 29.3 Å². The van der Waals surface area contributed by atoms with Crippen molar-refractivity contribution in [1.29, 1.82) is 0 Å². The number of anilines is 1. The van der Waals surface area contributed by atoms with Gasteiger partial charge in [0.15, 0.2) is 16.7 Å². The molecule has 0 bridgehead atoms. The maximum absolute atomic E-state index is 12.3. The van der Waals surface area contributed by atoms with Crippen molar-refractivity contribution in [3.05, 3.63) is 48.2 Å². The van der Waals surface area contributed by atoms with Crippen molar-refractivity contribution in [2.75, 3.05) is 24.2 Å². The van der Waals surface area contributed by atoms with Crippen LogP contribution in [0.4, 0.5) is 5.69 Å². The average Bonchev–Trinajstić information content (AvgIpc) is 3.37. The summed E-state index contributed by atoms with van der Waals surface area (Å²) in [7, 11) is 1.82. The van der Waals surface area contributed by atoms with Crippen molar-refractivity contribution in [3.63, 3.8) is 0 Å². The Morgan fingerprint density at radius 2 is 1.86 bits per heavy atom. The molecule has 0 unspecified atom stereocenters. The molecule has 8 nitrogen and oxygen atoms in total. The molecule has 0 atom stereocenters. The number of carbonyl (C=O) groups is 2. The zero-order valence-electron chi connectivity index (χ0n) is 16.6. The average molecular weight is 414 g/mol. The summed E-state index contributed by atoms with van der Waals surface area (Å²) >= 11 is 1.29. The molecule has 0 aliphatic heterocycles. The third kappa shape index (κ3) is 4.86. The number of amides is 2. The van der Waals surface area contributed by atoms with Crippen molar-refractivity contribution in [3.8, 4) is 11.6 Å². The van der Waals surface area contributed by atoms with Crippen LogP contribution in [0.5, 0.6) is 0 Å². The number of aromatic nitrogens is 3. The molecule has 0 aliphatic rings. The van der Waals surface area contributed by atoms with Crippen molar-refractivity contribution in [2.24, 2.45) is 7.05 Å². The molecule has 1 aromatic carbocycles. The molecule has 0 saturated carbocycles. The van der Waals surface area contributed by atoms with Gasteiger partial charge in [0.05, 0.1) is 12.0 Å². The molecule has 1 N–H and O–H groups in total. The van der Waals surface area contributed by atoms with Gasteiger partial charge in [0.25, 0.3) is 5.91 Å². The van der Waals surface area contributed by atoms with Gasteiger partial charge in [-0.25, -0.2) is 0 Å². The third-order valence-electron chi connectivity index (χ3n) is 4.38. The molecule has 0 radical (unpaired) electrons. The van der Waals surface area contributed by atoms with E-state index in [0.29, 0.717) is 41.1 Å². The molecule has 0 spiro atoms. The molecule has 0 fully saturated rings. The largest absolute Gasteiger partial charge is 0.461 e. The summed E-state index contributed by atoms with van der Waals surface area (Å²) in [5.41, 5.74) is 1.24. The summed E-state index contributed by atoms with van der Waals surface area (Å²) in [5, 5.41) is 11.7. The lowest BCUT2D eigenvalue weighted by molar-refractivity contribution is -0.113. The van der Waals surface area contributed by atoms with Gasteiger partial charge in [0.2, 0.25) is 5.91 Å². The zero-order valence-corrected chi connectivity index (χ0v) is 17.4. The highest BCUT2D eigenvalue weighted by molar-refractivity contribution is 7.99. The van der Waals surface area contributed by atoms with Gasteiger partial charge in [0.1, 0.15) is 0 Å². The van der Waals surface area contributed by atoms with E-state index in [1.54, 1.807) is 52.1 Å². The molecule has 9 heteroatoms. The van der Waals surface area contributed by atoms with E-state index in [1.165, 1.54) is 11.8 Å². The summed E-state index contributed by atoms with van der Waals surface area (Å²) in [4.78, 5) is 26.4.